The number of halogens is 1. The molecular weight excluding hydrogens is 470 g/mol. The van der Waals surface area contributed by atoms with Gasteiger partial charge in [-0.2, -0.15) is 0 Å². The van der Waals surface area contributed by atoms with Gasteiger partial charge in [0.25, 0.3) is 0 Å². The number of carboxylic acid groups (broad SMARTS) is 1. The number of aryl methyl sites for hydroxylation is 2. The van der Waals surface area contributed by atoms with Crippen LogP contribution < -0.4 is 10.1 Å². The number of nitrogens with zero attached hydrogens (tertiary/aromatic N) is 6. The highest BCUT2D eigenvalue weighted by Gasteiger charge is 2.29. The molecule has 184 valence electrons. The largest absolute Gasteiger partial charge is 0.489 e. The standard InChI is InChI=1S/C24H28ClN7O3/c1-13-20(35-16-5-3-4-15(10-16)24(33)34)9-8-18(27-13)22-19(32(2)31-29-22)12-26-23-17(14-6-7-14)11-21(25)28-30-23/h8-9,11,14-16H,3-7,10,12H2,1-2H3,(H,26,30)(H,33,34)/t15-,16-/m0/s1. The van der Waals surface area contributed by atoms with Gasteiger partial charge in [-0.25, -0.2) is 9.67 Å². The molecule has 3 aromatic heterocycles. The molecule has 0 aliphatic heterocycles. The number of rotatable bonds is 8. The Balaban J connectivity index is 1.31. The summed E-state index contributed by atoms with van der Waals surface area (Å²) in [6.07, 6.45) is 5.07. The summed E-state index contributed by atoms with van der Waals surface area (Å²) in [6.45, 7) is 2.34. The van der Waals surface area contributed by atoms with E-state index in [9.17, 15) is 9.90 Å². The summed E-state index contributed by atoms with van der Waals surface area (Å²) in [5, 5.41) is 29.9. The van der Waals surface area contributed by atoms with Gasteiger partial charge >= 0.3 is 5.97 Å². The van der Waals surface area contributed by atoms with Crippen LogP contribution in [0.25, 0.3) is 11.4 Å². The number of hydrogen-bond acceptors (Lipinski definition) is 8. The van der Waals surface area contributed by atoms with E-state index in [-0.39, 0.29) is 12.0 Å². The predicted octanol–water partition coefficient (Wildman–Crippen LogP) is 4.14. The summed E-state index contributed by atoms with van der Waals surface area (Å²) in [4.78, 5) is 16.1. The fourth-order valence-corrected chi connectivity index (χ4v) is 4.78. The van der Waals surface area contributed by atoms with E-state index in [1.54, 1.807) is 4.68 Å². The first-order valence-electron chi connectivity index (χ1n) is 11.9. The molecule has 3 heterocycles. The SMILES string of the molecule is Cc1nc(-c2nnn(C)c2CNc2nnc(Cl)cc2C2CC2)ccc1O[C@H]1CCC[C@H](C(=O)O)C1. The average Bonchev–Trinajstić information content (AvgIpc) is 3.62. The Hall–Kier alpha value is -3.27. The fourth-order valence-electron chi connectivity index (χ4n) is 4.63. The van der Waals surface area contributed by atoms with Crippen LogP contribution in [0.1, 0.15) is 61.4 Å². The van der Waals surface area contributed by atoms with Gasteiger partial charge in [0.15, 0.2) is 11.0 Å². The number of carbonyl (C=O) groups is 1. The van der Waals surface area contributed by atoms with Gasteiger partial charge in [0.1, 0.15) is 11.4 Å². The van der Waals surface area contributed by atoms with Crippen molar-refractivity contribution < 1.29 is 14.6 Å². The highest BCUT2D eigenvalue weighted by Crippen LogP contribution is 2.43. The molecule has 2 aliphatic carbocycles. The van der Waals surface area contributed by atoms with Crippen LogP contribution in [0.15, 0.2) is 18.2 Å². The van der Waals surface area contributed by atoms with Gasteiger partial charge < -0.3 is 15.2 Å². The molecule has 10 nitrogen and oxygen atoms in total. The number of anilines is 1. The minimum atomic E-state index is -0.749. The van der Waals surface area contributed by atoms with Crippen molar-refractivity contribution in [1.29, 1.82) is 0 Å². The molecule has 0 spiro atoms. The summed E-state index contributed by atoms with van der Waals surface area (Å²) in [5.74, 6) is 0.771. The maximum atomic E-state index is 11.4. The van der Waals surface area contributed by atoms with Crippen molar-refractivity contribution in [2.24, 2.45) is 13.0 Å². The lowest BCUT2D eigenvalue weighted by Crippen LogP contribution is -2.29. The van der Waals surface area contributed by atoms with Crippen molar-refractivity contribution in [3.63, 3.8) is 0 Å². The van der Waals surface area contributed by atoms with E-state index in [0.717, 1.165) is 48.5 Å². The molecule has 2 atom stereocenters. The highest BCUT2D eigenvalue weighted by molar-refractivity contribution is 6.29. The first-order chi connectivity index (χ1) is 16.9. The number of nitrogens with one attached hydrogen (secondary N) is 1. The Kier molecular flexibility index (Phi) is 6.55. The van der Waals surface area contributed by atoms with Crippen LogP contribution >= 0.6 is 11.6 Å². The summed E-state index contributed by atoms with van der Waals surface area (Å²) in [5.41, 5.74) is 4.04. The minimum absolute atomic E-state index is 0.117. The van der Waals surface area contributed by atoms with E-state index < -0.39 is 5.97 Å². The molecule has 5 rings (SSSR count). The Morgan fingerprint density at radius 1 is 1.23 bits per heavy atom. The normalized spacial score (nSPS) is 20.0. The third-order valence-corrected chi connectivity index (χ3v) is 6.91. The fraction of sp³-hybridized carbons (Fsp3) is 0.500. The molecule has 2 aliphatic rings. The van der Waals surface area contributed by atoms with E-state index in [1.807, 2.05) is 32.2 Å². The number of aliphatic carboxylic acids is 1. The maximum absolute atomic E-state index is 11.4. The molecule has 0 saturated heterocycles. The molecule has 2 N–H and O–H groups in total. The number of carboxylic acids is 1. The predicted molar refractivity (Wildman–Crippen MR) is 129 cm³/mol. The number of pyridine rings is 1. The smallest absolute Gasteiger partial charge is 0.306 e. The van der Waals surface area contributed by atoms with Gasteiger partial charge in [0, 0.05) is 12.6 Å². The van der Waals surface area contributed by atoms with Gasteiger partial charge in [-0.15, -0.1) is 15.3 Å². The molecule has 0 bridgehead atoms. The van der Waals surface area contributed by atoms with E-state index >= 15 is 0 Å². The molecule has 2 saturated carbocycles. The van der Waals surface area contributed by atoms with Crippen molar-refractivity contribution >= 4 is 23.4 Å². The minimum Gasteiger partial charge on any atom is -0.489 e. The van der Waals surface area contributed by atoms with Crippen LogP contribution in [0.2, 0.25) is 5.15 Å². The molecule has 35 heavy (non-hydrogen) atoms. The molecule has 0 unspecified atom stereocenters. The van der Waals surface area contributed by atoms with Crippen molar-refractivity contribution in [2.45, 2.75) is 64.0 Å². The molecule has 0 radical (unpaired) electrons. The quantitative estimate of drug-likeness (QED) is 0.471. The van der Waals surface area contributed by atoms with Crippen LogP contribution in [0, 0.1) is 12.8 Å². The molecule has 11 heteroatoms. The van der Waals surface area contributed by atoms with Crippen LogP contribution in [0.4, 0.5) is 5.82 Å². The Morgan fingerprint density at radius 2 is 2.06 bits per heavy atom. The van der Waals surface area contributed by atoms with E-state index in [1.165, 1.54) is 0 Å². The number of aromatic nitrogens is 6. The topological polar surface area (TPSA) is 128 Å². The second kappa shape index (κ2) is 9.77. The van der Waals surface area contributed by atoms with Gasteiger partial charge in [-0.3, -0.25) is 4.79 Å². The first-order valence-corrected chi connectivity index (χ1v) is 12.3. The first kappa shape index (κ1) is 23.5. The molecule has 2 fully saturated rings. The molecule has 3 aromatic rings. The Morgan fingerprint density at radius 3 is 2.80 bits per heavy atom. The number of ether oxygens (including phenoxy) is 1. The summed E-state index contributed by atoms with van der Waals surface area (Å²) in [7, 11) is 1.84. The lowest BCUT2D eigenvalue weighted by Gasteiger charge is -2.27. The van der Waals surface area contributed by atoms with Crippen molar-refractivity contribution in [3.8, 4) is 17.1 Å². The van der Waals surface area contributed by atoms with Crippen LogP contribution in [0.5, 0.6) is 5.75 Å². The summed E-state index contributed by atoms with van der Waals surface area (Å²) >= 11 is 6.06. The second-order valence-corrected chi connectivity index (χ2v) is 9.72. The monoisotopic (exact) mass is 497 g/mol. The van der Waals surface area contributed by atoms with Gasteiger partial charge in [-0.1, -0.05) is 16.8 Å². The Bertz CT molecular complexity index is 1240. The summed E-state index contributed by atoms with van der Waals surface area (Å²) < 4.78 is 7.86. The molecule has 0 aromatic carbocycles. The highest BCUT2D eigenvalue weighted by atomic mass is 35.5. The zero-order chi connectivity index (χ0) is 24.5. The van der Waals surface area contributed by atoms with Crippen molar-refractivity contribution in [2.75, 3.05) is 5.32 Å². The number of hydrogen-bond donors (Lipinski definition) is 2. The zero-order valence-electron chi connectivity index (χ0n) is 19.7. The van der Waals surface area contributed by atoms with E-state index in [4.69, 9.17) is 21.3 Å². The zero-order valence-corrected chi connectivity index (χ0v) is 20.5. The van der Waals surface area contributed by atoms with Crippen LogP contribution in [0.3, 0.4) is 0 Å². The van der Waals surface area contributed by atoms with Crippen LogP contribution in [-0.2, 0) is 18.4 Å². The van der Waals surface area contributed by atoms with Crippen LogP contribution in [-0.4, -0.2) is 47.4 Å². The van der Waals surface area contributed by atoms with Gasteiger partial charge in [-0.05, 0) is 69.6 Å². The van der Waals surface area contributed by atoms with E-state index in [2.05, 4.69) is 25.8 Å². The lowest BCUT2D eigenvalue weighted by atomic mass is 9.87. The molecular formula is C24H28ClN7O3. The average molecular weight is 498 g/mol. The van der Waals surface area contributed by atoms with Gasteiger partial charge in [0.2, 0.25) is 0 Å². The maximum Gasteiger partial charge on any atom is 0.306 e. The Labute approximate surface area is 208 Å². The lowest BCUT2D eigenvalue weighted by molar-refractivity contribution is -0.143. The van der Waals surface area contributed by atoms with Crippen molar-refractivity contribution in [1.82, 2.24) is 30.2 Å². The third kappa shape index (κ3) is 5.22. The summed E-state index contributed by atoms with van der Waals surface area (Å²) in [6, 6.07) is 5.63. The van der Waals surface area contributed by atoms with E-state index in [0.29, 0.717) is 47.6 Å². The van der Waals surface area contributed by atoms with Crippen molar-refractivity contribution in [3.05, 3.63) is 40.3 Å². The third-order valence-electron chi connectivity index (χ3n) is 6.73. The second-order valence-electron chi connectivity index (χ2n) is 9.33. The molecule has 0 amide bonds. The van der Waals surface area contributed by atoms with Gasteiger partial charge in [0.05, 0.1) is 35.6 Å².